The van der Waals surface area contributed by atoms with E-state index in [0.717, 1.165) is 89.5 Å². The molecular weight excluding hydrogens is 526 g/mol. The van der Waals surface area contributed by atoms with Gasteiger partial charge < -0.3 is 28.6 Å². The monoisotopic (exact) mass is 573 g/mol. The molecule has 1 aliphatic heterocycles. The van der Waals surface area contributed by atoms with E-state index in [0.29, 0.717) is 18.4 Å². The van der Waals surface area contributed by atoms with Crippen molar-refractivity contribution in [2.45, 2.75) is 57.2 Å². The fraction of sp³-hybridized carbons (Fsp3) is 0.500. The third kappa shape index (κ3) is 8.50. The van der Waals surface area contributed by atoms with E-state index >= 15 is 0 Å². The van der Waals surface area contributed by atoms with Crippen molar-refractivity contribution >= 4 is 5.69 Å². The Kier molecular flexibility index (Phi) is 11.6. The molecule has 226 valence electrons. The van der Waals surface area contributed by atoms with Gasteiger partial charge in [-0.1, -0.05) is 48.5 Å². The Labute approximate surface area is 251 Å². The fourth-order valence-corrected chi connectivity index (χ4v) is 6.30. The summed E-state index contributed by atoms with van der Waals surface area (Å²) in [7, 11) is 3.48. The molecule has 0 saturated heterocycles. The van der Waals surface area contributed by atoms with E-state index in [4.69, 9.17) is 23.7 Å². The van der Waals surface area contributed by atoms with Crippen molar-refractivity contribution in [3.8, 4) is 11.5 Å². The number of hydrogen-bond donors (Lipinski definition) is 0. The zero-order valence-electron chi connectivity index (χ0n) is 25.3. The zero-order valence-corrected chi connectivity index (χ0v) is 25.3. The van der Waals surface area contributed by atoms with Crippen LogP contribution in [0.3, 0.4) is 0 Å². The highest BCUT2D eigenvalue weighted by atomic mass is 16.5. The quantitative estimate of drug-likeness (QED) is 0.182. The number of hydrogen-bond acceptors (Lipinski definition) is 6. The van der Waals surface area contributed by atoms with Crippen molar-refractivity contribution in [2.24, 2.45) is 5.92 Å². The number of rotatable bonds is 15. The molecule has 6 nitrogen and oxygen atoms in total. The van der Waals surface area contributed by atoms with E-state index in [1.807, 2.05) is 0 Å². The van der Waals surface area contributed by atoms with Crippen molar-refractivity contribution in [2.75, 3.05) is 58.6 Å². The second-order valence-electron chi connectivity index (χ2n) is 11.6. The summed E-state index contributed by atoms with van der Waals surface area (Å²) in [5, 5.41) is 0. The van der Waals surface area contributed by atoms with E-state index < -0.39 is 0 Å². The minimum atomic E-state index is 0.165. The lowest BCUT2D eigenvalue weighted by Crippen LogP contribution is -2.34. The van der Waals surface area contributed by atoms with Gasteiger partial charge in [-0.15, -0.1) is 0 Å². The van der Waals surface area contributed by atoms with Crippen molar-refractivity contribution in [3.05, 3.63) is 89.5 Å². The average Bonchev–Trinajstić information content (AvgIpc) is 3.04. The van der Waals surface area contributed by atoms with Gasteiger partial charge in [-0.25, -0.2) is 0 Å². The summed E-state index contributed by atoms with van der Waals surface area (Å²) in [6.07, 6.45) is 6.52. The summed E-state index contributed by atoms with van der Waals surface area (Å²) in [4.78, 5) is 2.41. The SMILES string of the molecule is COCCCN1CCOc2ccc(CO[C@H]3CC[C@H](COCCCc4ccccc4)C[C@@H]3c3ccc(OC)cc3)cc21. The maximum Gasteiger partial charge on any atom is 0.142 e. The van der Waals surface area contributed by atoms with Gasteiger partial charge in [0.2, 0.25) is 0 Å². The van der Waals surface area contributed by atoms with Gasteiger partial charge in [0.05, 0.1) is 32.1 Å². The predicted octanol–water partition coefficient (Wildman–Crippen LogP) is 7.05. The summed E-state index contributed by atoms with van der Waals surface area (Å²) in [6.45, 7) is 5.58. The first-order valence-electron chi connectivity index (χ1n) is 15.6. The molecule has 0 N–H and O–H groups in total. The number of ether oxygens (including phenoxy) is 5. The van der Waals surface area contributed by atoms with Crippen LogP contribution in [0.2, 0.25) is 0 Å². The largest absolute Gasteiger partial charge is 0.497 e. The van der Waals surface area contributed by atoms with Crippen LogP contribution in [0.1, 0.15) is 54.7 Å². The molecule has 2 aliphatic rings. The van der Waals surface area contributed by atoms with Crippen molar-refractivity contribution < 1.29 is 23.7 Å². The van der Waals surface area contributed by atoms with Crippen LogP contribution in [0, 0.1) is 5.92 Å². The summed E-state index contributed by atoms with van der Waals surface area (Å²) < 4.78 is 29.6. The topological polar surface area (TPSA) is 49.4 Å². The van der Waals surface area contributed by atoms with Gasteiger partial charge in [0.15, 0.2) is 0 Å². The molecule has 3 aromatic carbocycles. The van der Waals surface area contributed by atoms with Crippen LogP contribution in [0.15, 0.2) is 72.8 Å². The van der Waals surface area contributed by atoms with E-state index in [9.17, 15) is 0 Å². The second kappa shape index (κ2) is 16.0. The first kappa shape index (κ1) is 30.4. The number of benzene rings is 3. The third-order valence-corrected chi connectivity index (χ3v) is 8.61. The van der Waals surface area contributed by atoms with E-state index in [-0.39, 0.29) is 6.10 Å². The number of aryl methyl sites for hydroxylation is 1. The molecular formula is C36H47NO5. The van der Waals surface area contributed by atoms with Crippen molar-refractivity contribution in [1.82, 2.24) is 0 Å². The smallest absolute Gasteiger partial charge is 0.142 e. The normalized spacial score (nSPS) is 20.1. The fourth-order valence-electron chi connectivity index (χ4n) is 6.30. The molecule has 0 amide bonds. The molecule has 1 fully saturated rings. The Bertz CT molecular complexity index is 1200. The van der Waals surface area contributed by atoms with Gasteiger partial charge in [-0.3, -0.25) is 0 Å². The molecule has 5 rings (SSSR count). The minimum absolute atomic E-state index is 0.165. The summed E-state index contributed by atoms with van der Waals surface area (Å²) in [5.74, 6) is 2.71. The van der Waals surface area contributed by atoms with Crippen molar-refractivity contribution in [3.63, 3.8) is 0 Å². The van der Waals surface area contributed by atoms with Gasteiger partial charge in [0, 0.05) is 39.4 Å². The molecule has 1 aliphatic carbocycles. The highest BCUT2D eigenvalue weighted by Crippen LogP contribution is 2.40. The third-order valence-electron chi connectivity index (χ3n) is 8.61. The molecule has 0 aromatic heterocycles. The van der Waals surface area contributed by atoms with Gasteiger partial charge in [0.25, 0.3) is 0 Å². The molecule has 3 aromatic rings. The van der Waals surface area contributed by atoms with Crippen LogP contribution >= 0.6 is 0 Å². The lowest BCUT2D eigenvalue weighted by Gasteiger charge is -2.36. The van der Waals surface area contributed by atoms with Crippen molar-refractivity contribution in [1.29, 1.82) is 0 Å². The molecule has 1 saturated carbocycles. The second-order valence-corrected chi connectivity index (χ2v) is 11.6. The lowest BCUT2D eigenvalue weighted by molar-refractivity contribution is -0.0211. The Balaban J connectivity index is 1.18. The van der Waals surface area contributed by atoms with E-state index in [1.54, 1.807) is 14.2 Å². The number of methoxy groups -OCH3 is 2. The molecule has 0 bridgehead atoms. The highest BCUT2D eigenvalue weighted by Gasteiger charge is 2.32. The maximum atomic E-state index is 6.71. The van der Waals surface area contributed by atoms with E-state index in [1.165, 1.54) is 22.4 Å². The molecule has 3 atom stereocenters. The van der Waals surface area contributed by atoms with Crippen LogP contribution < -0.4 is 14.4 Å². The maximum absolute atomic E-state index is 6.71. The zero-order chi connectivity index (χ0) is 29.0. The number of nitrogens with zero attached hydrogens (tertiary/aromatic N) is 1. The Morgan fingerprint density at radius 2 is 1.74 bits per heavy atom. The van der Waals surface area contributed by atoms with Crippen LogP contribution in [0.4, 0.5) is 5.69 Å². The minimum Gasteiger partial charge on any atom is -0.497 e. The highest BCUT2D eigenvalue weighted by molar-refractivity contribution is 5.61. The van der Waals surface area contributed by atoms with Gasteiger partial charge in [0.1, 0.15) is 18.1 Å². The van der Waals surface area contributed by atoms with Gasteiger partial charge in [-0.05, 0) is 85.4 Å². The molecule has 0 radical (unpaired) electrons. The van der Waals surface area contributed by atoms with Crippen LogP contribution in [0.5, 0.6) is 11.5 Å². The average molecular weight is 574 g/mol. The van der Waals surface area contributed by atoms with Gasteiger partial charge in [-0.2, -0.15) is 0 Å². The Morgan fingerprint density at radius 1 is 0.881 bits per heavy atom. The summed E-state index contributed by atoms with van der Waals surface area (Å²) in [6, 6.07) is 25.7. The van der Waals surface area contributed by atoms with Crippen LogP contribution in [0.25, 0.3) is 0 Å². The number of anilines is 1. The summed E-state index contributed by atoms with van der Waals surface area (Å²) >= 11 is 0. The molecule has 1 heterocycles. The van der Waals surface area contributed by atoms with E-state index in [2.05, 4.69) is 77.7 Å². The molecule has 42 heavy (non-hydrogen) atoms. The van der Waals surface area contributed by atoms with Crippen LogP contribution in [-0.4, -0.2) is 59.8 Å². The lowest BCUT2D eigenvalue weighted by atomic mass is 9.76. The first-order chi connectivity index (χ1) is 20.7. The standard InChI is InChI=1S/C36H47NO5/c1-38-21-7-19-37-20-23-41-36-18-12-30(25-34(36)37)27-42-35-17-11-29(24-33(35)31-13-15-32(39-2)16-14-31)26-40-22-6-10-28-8-4-3-5-9-28/h3-5,8-9,12-16,18,25,29,33,35H,6-7,10-11,17,19-24,26-27H2,1-2H3/t29-,33+,35-/m0/s1. The molecule has 0 spiro atoms. The molecule has 0 unspecified atom stereocenters. The predicted molar refractivity (Wildman–Crippen MR) is 168 cm³/mol. The first-order valence-corrected chi connectivity index (χ1v) is 15.6. The van der Waals surface area contributed by atoms with Crippen LogP contribution in [-0.2, 0) is 27.2 Å². The van der Waals surface area contributed by atoms with Gasteiger partial charge >= 0.3 is 0 Å². The summed E-state index contributed by atoms with van der Waals surface area (Å²) in [5.41, 5.74) is 5.05. The Hall–Kier alpha value is -3.06. The molecule has 6 heteroatoms. The Morgan fingerprint density at radius 3 is 2.55 bits per heavy atom. The number of fused-ring (bicyclic) bond motifs is 1.